The van der Waals surface area contributed by atoms with Crippen LogP contribution in [0.25, 0.3) is 0 Å². The van der Waals surface area contributed by atoms with Gasteiger partial charge >= 0.3 is 0 Å². The second-order valence-electron chi connectivity index (χ2n) is 5.60. The number of hydrogen-bond donors (Lipinski definition) is 0. The Hall–Kier alpha value is -2.10. The molecule has 1 aliphatic heterocycles. The van der Waals surface area contributed by atoms with E-state index >= 15 is 0 Å². The van der Waals surface area contributed by atoms with Crippen molar-refractivity contribution in [2.75, 3.05) is 18.6 Å². The van der Waals surface area contributed by atoms with Crippen LogP contribution >= 0.6 is 0 Å². The average molecular weight is 283 g/mol. The van der Waals surface area contributed by atoms with E-state index in [0.717, 1.165) is 30.2 Å². The first kappa shape index (κ1) is 13.9. The number of ether oxygens (including phenoxy) is 1. The minimum absolute atomic E-state index is 0.382. The lowest BCUT2D eigenvalue weighted by atomic mass is 10.0. The first-order chi connectivity index (χ1) is 10.2. The van der Waals surface area contributed by atoms with Crippen molar-refractivity contribution in [2.24, 2.45) is 0 Å². The Labute approximate surface area is 125 Å². The van der Waals surface area contributed by atoms with Crippen LogP contribution in [0.3, 0.4) is 0 Å². The van der Waals surface area contributed by atoms with Crippen LogP contribution in [0.15, 0.2) is 30.3 Å². The number of hydrogen-bond acceptors (Lipinski definition) is 4. The summed E-state index contributed by atoms with van der Waals surface area (Å²) in [6, 6.07) is 10.9. The molecule has 1 aromatic carbocycles. The maximum atomic E-state index is 5.24. The highest BCUT2D eigenvalue weighted by atomic mass is 16.5. The molecule has 1 atom stereocenters. The van der Waals surface area contributed by atoms with Gasteiger partial charge in [0, 0.05) is 6.54 Å². The Bertz CT molecular complexity index is 624. The number of aromatic nitrogens is 2. The van der Waals surface area contributed by atoms with Crippen molar-refractivity contribution >= 4 is 5.82 Å². The van der Waals surface area contributed by atoms with Gasteiger partial charge in [0.15, 0.2) is 5.82 Å². The monoisotopic (exact) mass is 283 g/mol. The van der Waals surface area contributed by atoms with Crippen molar-refractivity contribution < 1.29 is 4.74 Å². The maximum Gasteiger partial charge on any atom is 0.152 e. The molecule has 4 heteroatoms. The normalized spacial score (nSPS) is 18.0. The predicted molar refractivity (Wildman–Crippen MR) is 83.8 cm³/mol. The first-order valence-electron chi connectivity index (χ1n) is 7.40. The molecule has 0 N–H and O–H groups in total. The highest BCUT2D eigenvalue weighted by Gasteiger charge is 2.27. The van der Waals surface area contributed by atoms with Gasteiger partial charge in [-0.25, -0.2) is 0 Å². The molecule has 0 aliphatic carbocycles. The fourth-order valence-electron chi connectivity index (χ4n) is 2.89. The van der Waals surface area contributed by atoms with Gasteiger partial charge in [0.2, 0.25) is 0 Å². The molecule has 110 valence electrons. The molecule has 4 nitrogen and oxygen atoms in total. The first-order valence-corrected chi connectivity index (χ1v) is 7.40. The molecular formula is C17H21N3O. The quantitative estimate of drug-likeness (QED) is 0.865. The number of benzene rings is 1. The molecule has 1 aromatic heterocycles. The van der Waals surface area contributed by atoms with E-state index in [-0.39, 0.29) is 0 Å². The molecule has 2 aromatic rings. The lowest BCUT2D eigenvalue weighted by Gasteiger charge is -2.26. The number of rotatable bonds is 3. The fraction of sp³-hybridized carbons (Fsp3) is 0.412. The zero-order valence-electron chi connectivity index (χ0n) is 12.8. The number of anilines is 1. The Kier molecular flexibility index (Phi) is 3.78. The number of aryl methyl sites for hydroxylation is 2. The van der Waals surface area contributed by atoms with E-state index < -0.39 is 0 Å². The summed E-state index contributed by atoms with van der Waals surface area (Å²) in [4.78, 5) is 2.36. The summed E-state index contributed by atoms with van der Waals surface area (Å²) in [5, 5.41) is 8.65. The van der Waals surface area contributed by atoms with Crippen LogP contribution in [0.2, 0.25) is 0 Å². The lowest BCUT2D eigenvalue weighted by Crippen LogP contribution is -2.24. The second-order valence-corrected chi connectivity index (χ2v) is 5.60. The Morgan fingerprint density at radius 2 is 1.90 bits per heavy atom. The number of nitrogens with zero attached hydrogens (tertiary/aromatic N) is 3. The molecule has 0 amide bonds. The van der Waals surface area contributed by atoms with Crippen LogP contribution in [-0.4, -0.2) is 23.9 Å². The highest BCUT2D eigenvalue weighted by molar-refractivity contribution is 5.46. The molecule has 1 fully saturated rings. The Morgan fingerprint density at radius 3 is 2.57 bits per heavy atom. The molecule has 0 bridgehead atoms. The summed E-state index contributed by atoms with van der Waals surface area (Å²) < 4.78 is 5.24. The highest BCUT2D eigenvalue weighted by Crippen LogP contribution is 2.35. The van der Waals surface area contributed by atoms with Gasteiger partial charge in [0.1, 0.15) is 5.75 Å². The minimum Gasteiger partial charge on any atom is -0.497 e. The molecule has 1 unspecified atom stereocenters. The largest absolute Gasteiger partial charge is 0.497 e. The van der Waals surface area contributed by atoms with E-state index in [2.05, 4.69) is 40.2 Å². The molecule has 0 saturated carbocycles. The van der Waals surface area contributed by atoms with Gasteiger partial charge in [0.05, 0.1) is 18.8 Å². The van der Waals surface area contributed by atoms with E-state index in [0.29, 0.717) is 6.04 Å². The van der Waals surface area contributed by atoms with Crippen molar-refractivity contribution in [1.29, 1.82) is 0 Å². The van der Waals surface area contributed by atoms with Gasteiger partial charge in [-0.2, -0.15) is 5.10 Å². The van der Waals surface area contributed by atoms with Crippen molar-refractivity contribution in [2.45, 2.75) is 32.7 Å². The van der Waals surface area contributed by atoms with Gasteiger partial charge in [0.25, 0.3) is 0 Å². The fourth-order valence-corrected chi connectivity index (χ4v) is 2.89. The molecule has 21 heavy (non-hydrogen) atoms. The molecule has 0 radical (unpaired) electrons. The van der Waals surface area contributed by atoms with Crippen molar-refractivity contribution in [3.63, 3.8) is 0 Å². The SMILES string of the molecule is COc1ccc(C2CCCN2c2cc(C)c(C)nn2)cc1. The average Bonchev–Trinajstić information content (AvgIpc) is 2.99. The number of methoxy groups -OCH3 is 1. The smallest absolute Gasteiger partial charge is 0.152 e. The predicted octanol–water partition coefficient (Wildman–Crippen LogP) is 3.44. The molecule has 1 aliphatic rings. The second kappa shape index (κ2) is 5.72. The van der Waals surface area contributed by atoms with Crippen LogP contribution in [0.4, 0.5) is 5.82 Å². The van der Waals surface area contributed by atoms with Gasteiger partial charge in [-0.3, -0.25) is 0 Å². The maximum absolute atomic E-state index is 5.24. The third kappa shape index (κ3) is 2.71. The van der Waals surface area contributed by atoms with Crippen molar-refractivity contribution in [3.8, 4) is 5.75 Å². The zero-order valence-corrected chi connectivity index (χ0v) is 12.8. The van der Waals surface area contributed by atoms with E-state index in [4.69, 9.17) is 4.74 Å². The van der Waals surface area contributed by atoms with Crippen molar-refractivity contribution in [1.82, 2.24) is 10.2 Å². The third-order valence-corrected chi connectivity index (χ3v) is 4.27. The summed E-state index contributed by atoms with van der Waals surface area (Å²) in [5.74, 6) is 1.88. The summed E-state index contributed by atoms with van der Waals surface area (Å²) >= 11 is 0. The van der Waals surface area contributed by atoms with E-state index in [1.54, 1.807) is 7.11 Å². The van der Waals surface area contributed by atoms with Crippen molar-refractivity contribution in [3.05, 3.63) is 47.2 Å². The summed E-state index contributed by atoms with van der Waals surface area (Å²) in [6.07, 6.45) is 2.34. The van der Waals surface area contributed by atoms with Crippen LogP contribution < -0.4 is 9.64 Å². The molecule has 0 spiro atoms. The lowest BCUT2D eigenvalue weighted by molar-refractivity contribution is 0.414. The van der Waals surface area contributed by atoms with Crippen LogP contribution in [0.1, 0.15) is 35.7 Å². The molecule has 2 heterocycles. The van der Waals surface area contributed by atoms with Crippen LogP contribution in [0, 0.1) is 13.8 Å². The van der Waals surface area contributed by atoms with E-state index in [1.165, 1.54) is 17.5 Å². The topological polar surface area (TPSA) is 38.2 Å². The Balaban J connectivity index is 1.88. The standard InChI is InChI=1S/C17H21N3O/c1-12-11-17(19-18-13(12)2)20-10-4-5-16(20)14-6-8-15(21-3)9-7-14/h6-9,11,16H,4-5,10H2,1-3H3. The van der Waals surface area contributed by atoms with Gasteiger partial charge in [-0.05, 0) is 56.0 Å². The van der Waals surface area contributed by atoms with Gasteiger partial charge in [-0.15, -0.1) is 5.10 Å². The van der Waals surface area contributed by atoms with Gasteiger partial charge < -0.3 is 9.64 Å². The van der Waals surface area contributed by atoms with Crippen LogP contribution in [-0.2, 0) is 0 Å². The summed E-state index contributed by atoms with van der Waals surface area (Å²) in [6.45, 7) is 5.12. The molecular weight excluding hydrogens is 262 g/mol. The summed E-state index contributed by atoms with van der Waals surface area (Å²) in [7, 11) is 1.70. The Morgan fingerprint density at radius 1 is 1.14 bits per heavy atom. The minimum atomic E-state index is 0.382. The van der Waals surface area contributed by atoms with Gasteiger partial charge in [-0.1, -0.05) is 12.1 Å². The molecule has 3 rings (SSSR count). The molecule has 1 saturated heterocycles. The van der Waals surface area contributed by atoms with E-state index in [9.17, 15) is 0 Å². The third-order valence-electron chi connectivity index (χ3n) is 4.27. The zero-order chi connectivity index (χ0) is 14.8. The van der Waals surface area contributed by atoms with E-state index in [1.807, 2.05) is 19.1 Å². The summed E-state index contributed by atoms with van der Waals surface area (Å²) in [5.41, 5.74) is 3.51. The van der Waals surface area contributed by atoms with Crippen LogP contribution in [0.5, 0.6) is 5.75 Å².